The average molecular weight is 533 g/mol. The van der Waals surface area contributed by atoms with Crippen molar-refractivity contribution < 1.29 is 0 Å². The summed E-state index contributed by atoms with van der Waals surface area (Å²) >= 11 is 3.65. The molecule has 5 aromatic rings. The van der Waals surface area contributed by atoms with E-state index in [2.05, 4.69) is 118 Å². The molecule has 0 spiro atoms. The lowest BCUT2D eigenvalue weighted by atomic mass is 9.42. The molecule has 2 atom stereocenters. The maximum atomic E-state index is 3.65. The van der Waals surface area contributed by atoms with E-state index in [-0.39, 0.29) is 0 Å². The largest absolute Gasteiger partial charge is 0.309 e. The highest BCUT2D eigenvalue weighted by atomic mass is 79.9. The molecule has 0 saturated heterocycles. The highest BCUT2D eigenvalue weighted by Gasteiger charge is 2.58. The van der Waals surface area contributed by atoms with Crippen LogP contribution in [0.2, 0.25) is 0 Å². The predicted octanol–water partition coefficient (Wildman–Crippen LogP) is 9.34. The Morgan fingerprint density at radius 2 is 1.06 bits per heavy atom. The number of halogens is 1. The van der Waals surface area contributed by atoms with Crippen LogP contribution in [0.5, 0.6) is 0 Å². The first-order valence-electron chi connectivity index (χ1n) is 13.5. The minimum absolute atomic E-state index is 0.330. The first kappa shape index (κ1) is 21.3. The van der Waals surface area contributed by atoms with Gasteiger partial charge in [0.05, 0.1) is 11.0 Å². The lowest BCUT2D eigenvalue weighted by Gasteiger charge is -2.63. The van der Waals surface area contributed by atoms with Crippen molar-refractivity contribution in [1.82, 2.24) is 4.57 Å². The highest BCUT2D eigenvalue weighted by Crippen LogP contribution is 2.66. The topological polar surface area (TPSA) is 4.93 Å². The van der Waals surface area contributed by atoms with Crippen molar-refractivity contribution in [3.63, 3.8) is 0 Å². The van der Waals surface area contributed by atoms with Crippen LogP contribution < -0.4 is 0 Å². The van der Waals surface area contributed by atoms with Crippen LogP contribution in [0.15, 0.2) is 102 Å². The Hall–Kier alpha value is -2.84. The Morgan fingerprint density at radius 3 is 1.58 bits per heavy atom. The molecule has 0 amide bonds. The monoisotopic (exact) mass is 531 g/mol. The van der Waals surface area contributed by atoms with E-state index in [0.29, 0.717) is 10.8 Å². The molecule has 2 heteroatoms. The van der Waals surface area contributed by atoms with Gasteiger partial charge in [0.2, 0.25) is 0 Å². The number of aromatic nitrogens is 1. The molecule has 4 aliphatic rings. The average Bonchev–Trinajstić information content (AvgIpc) is 3.23. The number of para-hydroxylation sites is 2. The van der Waals surface area contributed by atoms with Crippen LogP contribution in [-0.4, -0.2) is 4.57 Å². The quantitative estimate of drug-likeness (QED) is 0.218. The smallest absolute Gasteiger partial charge is 0.0541 e. The third-order valence-electron chi connectivity index (χ3n) is 9.84. The summed E-state index contributed by atoms with van der Waals surface area (Å²) in [5.74, 6) is 1.74. The van der Waals surface area contributed by atoms with Gasteiger partial charge in [0.25, 0.3) is 0 Å². The van der Waals surface area contributed by atoms with E-state index < -0.39 is 0 Å². The number of fused-ring (bicyclic) bond motifs is 3. The zero-order chi connectivity index (χ0) is 23.9. The summed E-state index contributed by atoms with van der Waals surface area (Å²) in [5.41, 5.74) is 7.68. The van der Waals surface area contributed by atoms with E-state index in [0.717, 1.165) is 11.8 Å². The summed E-state index contributed by atoms with van der Waals surface area (Å²) in [6.45, 7) is 0. The predicted molar refractivity (Wildman–Crippen MR) is 153 cm³/mol. The Balaban J connectivity index is 1.22. The van der Waals surface area contributed by atoms with Gasteiger partial charge in [-0.25, -0.2) is 0 Å². The van der Waals surface area contributed by atoms with Gasteiger partial charge in [-0.1, -0.05) is 76.6 Å². The molecular weight excluding hydrogens is 502 g/mol. The summed E-state index contributed by atoms with van der Waals surface area (Å²) in [4.78, 5) is 0. The first-order valence-corrected chi connectivity index (χ1v) is 14.3. The fourth-order valence-electron chi connectivity index (χ4n) is 8.91. The van der Waals surface area contributed by atoms with Gasteiger partial charge < -0.3 is 4.57 Å². The van der Waals surface area contributed by atoms with Crippen molar-refractivity contribution in [3.8, 4) is 5.69 Å². The van der Waals surface area contributed by atoms with Crippen LogP contribution >= 0.6 is 15.9 Å². The lowest BCUT2D eigenvalue weighted by Crippen LogP contribution is -2.55. The van der Waals surface area contributed by atoms with Gasteiger partial charge in [-0.15, -0.1) is 0 Å². The highest BCUT2D eigenvalue weighted by molar-refractivity contribution is 9.10. The molecule has 4 bridgehead atoms. The standard InChI is InChI=1S/C34H30BrN/c35-27-13-9-25(10-14-27)33-18-23-17-24(19-33)21-34(20-23,22-33)26-11-15-28(16-12-26)36-31-7-3-1-5-29(31)30-6-2-4-8-32(30)36/h1-16,23-24H,17-22H2. The number of hydrogen-bond acceptors (Lipinski definition) is 0. The molecule has 36 heavy (non-hydrogen) atoms. The van der Waals surface area contributed by atoms with Crippen LogP contribution in [0, 0.1) is 11.8 Å². The van der Waals surface area contributed by atoms with E-state index in [4.69, 9.17) is 0 Å². The van der Waals surface area contributed by atoms with Gasteiger partial charge in [0.1, 0.15) is 0 Å². The third kappa shape index (κ3) is 3.00. The number of nitrogens with zero attached hydrogens (tertiary/aromatic N) is 1. The van der Waals surface area contributed by atoms with Gasteiger partial charge in [-0.05, 0) is 109 Å². The second-order valence-electron chi connectivity index (χ2n) is 11.9. The Morgan fingerprint density at radius 1 is 0.583 bits per heavy atom. The molecular formula is C34H30BrN. The molecule has 0 radical (unpaired) electrons. The summed E-state index contributed by atoms with van der Waals surface area (Å²) in [5, 5.41) is 2.66. The molecule has 1 heterocycles. The summed E-state index contributed by atoms with van der Waals surface area (Å²) in [6.07, 6.45) is 8.26. The van der Waals surface area contributed by atoms with Crippen LogP contribution in [0.25, 0.3) is 27.5 Å². The lowest BCUT2D eigenvalue weighted by molar-refractivity contribution is -0.0281. The molecule has 4 aliphatic carbocycles. The normalized spacial score (nSPS) is 28.8. The van der Waals surface area contributed by atoms with Crippen molar-refractivity contribution in [2.45, 2.75) is 49.4 Å². The molecule has 1 aromatic heterocycles. The van der Waals surface area contributed by atoms with Crippen molar-refractivity contribution in [3.05, 3.63) is 113 Å². The SMILES string of the molecule is Brc1ccc(C23CC4CC(C2)CC(c2ccc(-n5c6ccccc6c6ccccc65)cc2)(C4)C3)cc1. The van der Waals surface area contributed by atoms with E-state index >= 15 is 0 Å². The fourth-order valence-corrected chi connectivity index (χ4v) is 9.17. The van der Waals surface area contributed by atoms with E-state index in [1.165, 1.54) is 70.5 Å². The third-order valence-corrected chi connectivity index (χ3v) is 10.4. The Labute approximate surface area is 221 Å². The van der Waals surface area contributed by atoms with Crippen LogP contribution in [0.3, 0.4) is 0 Å². The fraction of sp³-hybridized carbons (Fsp3) is 0.294. The second kappa shape index (κ2) is 7.59. The molecule has 0 aliphatic heterocycles. The maximum Gasteiger partial charge on any atom is 0.0541 e. The van der Waals surface area contributed by atoms with Crippen molar-refractivity contribution >= 4 is 37.7 Å². The first-order chi connectivity index (χ1) is 17.6. The second-order valence-corrected chi connectivity index (χ2v) is 12.9. The zero-order valence-electron chi connectivity index (χ0n) is 20.5. The molecule has 9 rings (SSSR count). The number of benzene rings is 4. The molecule has 2 unspecified atom stereocenters. The van der Waals surface area contributed by atoms with Crippen molar-refractivity contribution in [2.75, 3.05) is 0 Å². The van der Waals surface area contributed by atoms with E-state index in [9.17, 15) is 0 Å². The van der Waals surface area contributed by atoms with Gasteiger partial charge in [-0.2, -0.15) is 0 Å². The van der Waals surface area contributed by atoms with Crippen molar-refractivity contribution in [1.29, 1.82) is 0 Å². The summed E-state index contributed by atoms with van der Waals surface area (Å²) < 4.78 is 3.63. The van der Waals surface area contributed by atoms with Gasteiger partial charge in [0.15, 0.2) is 0 Å². The summed E-state index contributed by atoms with van der Waals surface area (Å²) in [7, 11) is 0. The van der Waals surface area contributed by atoms with E-state index in [1.54, 1.807) is 11.1 Å². The maximum absolute atomic E-state index is 3.65. The molecule has 0 N–H and O–H groups in total. The number of rotatable bonds is 3. The van der Waals surface area contributed by atoms with Crippen molar-refractivity contribution in [2.24, 2.45) is 11.8 Å². The molecule has 178 valence electrons. The van der Waals surface area contributed by atoms with E-state index in [1.807, 2.05) is 0 Å². The van der Waals surface area contributed by atoms with Gasteiger partial charge in [-0.3, -0.25) is 0 Å². The molecule has 4 aromatic carbocycles. The van der Waals surface area contributed by atoms with Gasteiger partial charge >= 0.3 is 0 Å². The Bertz CT molecular complexity index is 1540. The van der Waals surface area contributed by atoms with Crippen LogP contribution in [0.1, 0.15) is 49.7 Å². The zero-order valence-corrected chi connectivity index (χ0v) is 22.0. The number of hydrogen-bond donors (Lipinski definition) is 0. The molecule has 4 saturated carbocycles. The van der Waals surface area contributed by atoms with Crippen LogP contribution in [0.4, 0.5) is 0 Å². The summed E-state index contributed by atoms with van der Waals surface area (Å²) in [6, 6.07) is 36.6. The molecule has 1 nitrogen and oxygen atoms in total. The molecule has 4 fully saturated rings. The Kier molecular flexibility index (Phi) is 4.48. The minimum atomic E-state index is 0.330. The minimum Gasteiger partial charge on any atom is -0.309 e. The van der Waals surface area contributed by atoms with Gasteiger partial charge in [0, 0.05) is 20.9 Å². The van der Waals surface area contributed by atoms with Crippen LogP contribution in [-0.2, 0) is 10.8 Å².